The van der Waals surface area contributed by atoms with Gasteiger partial charge in [0.1, 0.15) is 23.7 Å². The fourth-order valence-corrected chi connectivity index (χ4v) is 2.63. The van der Waals surface area contributed by atoms with Crippen LogP contribution in [0.5, 0.6) is 5.75 Å². The third-order valence-corrected chi connectivity index (χ3v) is 3.89. The van der Waals surface area contributed by atoms with E-state index in [-0.39, 0.29) is 24.2 Å². The highest BCUT2D eigenvalue weighted by atomic mass is 16.6. The number of amides is 1. The van der Waals surface area contributed by atoms with Crippen molar-refractivity contribution in [2.24, 2.45) is 0 Å². The average Bonchev–Trinajstić information content (AvgIpc) is 2.82. The fourth-order valence-electron chi connectivity index (χ4n) is 2.63. The highest BCUT2D eigenvalue weighted by molar-refractivity contribution is 5.76. The summed E-state index contributed by atoms with van der Waals surface area (Å²) in [6, 6.07) is 7.29. The summed E-state index contributed by atoms with van der Waals surface area (Å²) in [6.07, 6.45) is 0. The summed E-state index contributed by atoms with van der Waals surface area (Å²) < 4.78 is 6.75. The van der Waals surface area contributed by atoms with Crippen LogP contribution in [0.4, 0.5) is 5.69 Å². The molecule has 0 saturated heterocycles. The Hall–Kier alpha value is -2.90. The quantitative estimate of drug-likeness (QED) is 0.614. The summed E-state index contributed by atoms with van der Waals surface area (Å²) in [7, 11) is 0. The molecule has 134 valence electrons. The molecule has 1 atom stereocenters. The molecule has 2 rings (SSSR count). The number of nitrogens with one attached hydrogen (secondary N) is 1. The summed E-state index contributed by atoms with van der Waals surface area (Å²) in [5.74, 6) is 0.515. The summed E-state index contributed by atoms with van der Waals surface area (Å²) in [6.45, 7) is 7.46. The van der Waals surface area contributed by atoms with Crippen LogP contribution in [0.1, 0.15) is 36.8 Å². The number of hydrogen-bond donors (Lipinski definition) is 1. The monoisotopic (exact) mass is 346 g/mol. The molecule has 0 fully saturated rings. The van der Waals surface area contributed by atoms with Crippen LogP contribution in [-0.2, 0) is 11.3 Å². The van der Waals surface area contributed by atoms with Crippen LogP contribution in [0.3, 0.4) is 0 Å². The first-order valence-corrected chi connectivity index (χ1v) is 8.04. The van der Waals surface area contributed by atoms with E-state index in [1.165, 1.54) is 4.68 Å². The van der Waals surface area contributed by atoms with Gasteiger partial charge in [-0.05, 0) is 45.4 Å². The third kappa shape index (κ3) is 4.34. The first kappa shape index (κ1) is 18.4. The van der Waals surface area contributed by atoms with Crippen LogP contribution in [0.15, 0.2) is 24.3 Å². The van der Waals surface area contributed by atoms with E-state index in [1.54, 1.807) is 13.8 Å². The van der Waals surface area contributed by atoms with Crippen LogP contribution >= 0.6 is 0 Å². The maximum atomic E-state index is 12.2. The maximum absolute atomic E-state index is 12.2. The molecule has 8 heteroatoms. The second-order valence-corrected chi connectivity index (χ2v) is 5.73. The van der Waals surface area contributed by atoms with Crippen LogP contribution in [0.25, 0.3) is 0 Å². The topological polar surface area (TPSA) is 99.3 Å². The van der Waals surface area contributed by atoms with E-state index in [9.17, 15) is 14.9 Å². The van der Waals surface area contributed by atoms with Crippen molar-refractivity contribution in [3.05, 3.63) is 51.3 Å². The Morgan fingerprint density at radius 1 is 1.36 bits per heavy atom. The second kappa shape index (κ2) is 7.78. The number of ether oxygens (including phenoxy) is 1. The Bertz CT molecular complexity index is 768. The molecule has 0 radical (unpaired) electrons. The van der Waals surface area contributed by atoms with Crippen molar-refractivity contribution >= 4 is 11.6 Å². The lowest BCUT2D eigenvalue weighted by atomic mass is 10.1. The van der Waals surface area contributed by atoms with Gasteiger partial charge in [0, 0.05) is 0 Å². The van der Waals surface area contributed by atoms with Gasteiger partial charge in [-0.2, -0.15) is 5.10 Å². The van der Waals surface area contributed by atoms with E-state index in [0.29, 0.717) is 18.0 Å². The predicted molar refractivity (Wildman–Crippen MR) is 92.5 cm³/mol. The van der Waals surface area contributed by atoms with Crippen molar-refractivity contribution < 1.29 is 14.5 Å². The lowest BCUT2D eigenvalue weighted by Gasteiger charge is -2.15. The molecule has 8 nitrogen and oxygen atoms in total. The molecule has 0 spiro atoms. The fraction of sp³-hybridized carbons (Fsp3) is 0.412. The minimum absolute atomic E-state index is 0.0487. The number of carbonyl (C=O) groups is 1. The molecule has 0 bridgehead atoms. The number of benzene rings is 1. The van der Waals surface area contributed by atoms with Gasteiger partial charge in [-0.15, -0.1) is 0 Å². The summed E-state index contributed by atoms with van der Waals surface area (Å²) in [4.78, 5) is 22.8. The molecule has 1 heterocycles. The van der Waals surface area contributed by atoms with Gasteiger partial charge in [0.15, 0.2) is 0 Å². The van der Waals surface area contributed by atoms with Crippen LogP contribution < -0.4 is 10.1 Å². The van der Waals surface area contributed by atoms with Crippen molar-refractivity contribution in [3.8, 4) is 5.75 Å². The summed E-state index contributed by atoms with van der Waals surface area (Å²) >= 11 is 0. The largest absolute Gasteiger partial charge is 0.494 e. The Kier molecular flexibility index (Phi) is 5.74. The molecule has 1 amide bonds. The maximum Gasteiger partial charge on any atom is 0.312 e. The van der Waals surface area contributed by atoms with Crippen LogP contribution in [-0.4, -0.2) is 27.2 Å². The number of nitrogens with zero attached hydrogens (tertiary/aromatic N) is 3. The number of rotatable bonds is 7. The number of hydrogen-bond acceptors (Lipinski definition) is 5. The highest BCUT2D eigenvalue weighted by Crippen LogP contribution is 2.22. The summed E-state index contributed by atoms with van der Waals surface area (Å²) in [5.41, 5.74) is 1.56. The van der Waals surface area contributed by atoms with Gasteiger partial charge in [-0.25, -0.2) is 0 Å². The number of carbonyl (C=O) groups excluding carboxylic acids is 1. The second-order valence-electron chi connectivity index (χ2n) is 5.73. The Morgan fingerprint density at radius 2 is 2.00 bits per heavy atom. The molecular weight excluding hydrogens is 324 g/mol. The first-order chi connectivity index (χ1) is 11.8. The smallest absolute Gasteiger partial charge is 0.312 e. The van der Waals surface area contributed by atoms with Crippen molar-refractivity contribution in [1.29, 1.82) is 0 Å². The molecule has 0 saturated carbocycles. The molecule has 2 aromatic rings. The van der Waals surface area contributed by atoms with E-state index in [2.05, 4.69) is 10.4 Å². The third-order valence-electron chi connectivity index (χ3n) is 3.89. The molecule has 1 unspecified atom stereocenters. The molecule has 25 heavy (non-hydrogen) atoms. The SMILES string of the molecule is CCOc1ccc(C(C)NC(=O)Cn2nc(C)c([N+](=O)[O-])c2C)cc1. The minimum Gasteiger partial charge on any atom is -0.494 e. The molecule has 0 aliphatic heterocycles. The van der Waals surface area contributed by atoms with E-state index in [0.717, 1.165) is 11.3 Å². The van der Waals surface area contributed by atoms with Crippen LogP contribution in [0, 0.1) is 24.0 Å². The van der Waals surface area contributed by atoms with Crippen molar-refractivity contribution in [1.82, 2.24) is 15.1 Å². The Labute approximate surface area is 145 Å². The number of aryl methyl sites for hydroxylation is 1. The standard InChI is InChI=1S/C17H22N4O4/c1-5-25-15-8-6-14(7-9-15)11(2)18-16(22)10-20-13(4)17(21(23)24)12(3)19-20/h6-9,11H,5,10H2,1-4H3,(H,18,22). The molecule has 1 aromatic heterocycles. The highest BCUT2D eigenvalue weighted by Gasteiger charge is 2.23. The normalized spacial score (nSPS) is 11.8. The van der Waals surface area contributed by atoms with Gasteiger partial charge >= 0.3 is 5.69 Å². The molecular formula is C17H22N4O4. The van der Waals surface area contributed by atoms with Crippen LogP contribution in [0.2, 0.25) is 0 Å². The first-order valence-electron chi connectivity index (χ1n) is 8.04. The molecule has 0 aliphatic rings. The summed E-state index contributed by atoms with van der Waals surface area (Å²) in [5, 5.41) is 18.0. The van der Waals surface area contributed by atoms with Gasteiger partial charge in [0.2, 0.25) is 5.91 Å². The average molecular weight is 346 g/mol. The molecule has 0 aliphatic carbocycles. The van der Waals surface area contributed by atoms with E-state index >= 15 is 0 Å². The number of nitro groups is 1. The predicted octanol–water partition coefficient (Wildman–Crippen LogP) is 2.68. The Balaban J connectivity index is 2.02. The van der Waals surface area contributed by atoms with Gasteiger partial charge in [0.25, 0.3) is 0 Å². The zero-order valence-corrected chi connectivity index (χ0v) is 14.8. The van der Waals surface area contributed by atoms with Gasteiger partial charge in [-0.1, -0.05) is 12.1 Å². The van der Waals surface area contributed by atoms with E-state index in [1.807, 2.05) is 38.1 Å². The Morgan fingerprint density at radius 3 is 2.52 bits per heavy atom. The lowest BCUT2D eigenvalue weighted by molar-refractivity contribution is -0.386. The van der Waals surface area contributed by atoms with Gasteiger partial charge < -0.3 is 10.1 Å². The van der Waals surface area contributed by atoms with E-state index in [4.69, 9.17) is 4.74 Å². The molecule has 1 aromatic carbocycles. The number of aromatic nitrogens is 2. The van der Waals surface area contributed by atoms with Crippen molar-refractivity contribution in [3.63, 3.8) is 0 Å². The van der Waals surface area contributed by atoms with Crippen molar-refractivity contribution in [2.75, 3.05) is 6.61 Å². The minimum atomic E-state index is -0.478. The molecule has 1 N–H and O–H groups in total. The van der Waals surface area contributed by atoms with Gasteiger partial charge in [0.05, 0.1) is 17.6 Å². The lowest BCUT2D eigenvalue weighted by Crippen LogP contribution is -2.30. The zero-order chi connectivity index (χ0) is 18.6. The zero-order valence-electron chi connectivity index (χ0n) is 14.8. The van der Waals surface area contributed by atoms with E-state index < -0.39 is 4.92 Å². The van der Waals surface area contributed by atoms with Gasteiger partial charge in [-0.3, -0.25) is 19.6 Å². The van der Waals surface area contributed by atoms with Crippen molar-refractivity contribution in [2.45, 2.75) is 40.3 Å².